The predicted molar refractivity (Wildman–Crippen MR) is 97.2 cm³/mol. The molecule has 0 saturated heterocycles. The molecule has 124 valence electrons. The SMILES string of the molecule is Cc1ccc2occ(Cc3coc4ccc(C)cc4c3=O)c(=O)c2c1. The number of fused-ring (bicyclic) bond motifs is 2. The fraction of sp³-hybridized carbons (Fsp3) is 0.143. The summed E-state index contributed by atoms with van der Waals surface area (Å²) in [6, 6.07) is 11.0. The van der Waals surface area contributed by atoms with Crippen LogP contribution in [0.3, 0.4) is 0 Å². The average molecular weight is 332 g/mol. The fourth-order valence-electron chi connectivity index (χ4n) is 3.02. The van der Waals surface area contributed by atoms with Crippen molar-refractivity contribution in [3.05, 3.63) is 91.6 Å². The molecule has 4 rings (SSSR count). The van der Waals surface area contributed by atoms with Crippen molar-refractivity contribution in [2.75, 3.05) is 0 Å². The smallest absolute Gasteiger partial charge is 0.196 e. The van der Waals surface area contributed by atoms with Gasteiger partial charge in [-0.1, -0.05) is 23.3 Å². The van der Waals surface area contributed by atoms with Crippen LogP contribution in [0.5, 0.6) is 0 Å². The Balaban J connectivity index is 1.85. The number of aryl methyl sites for hydroxylation is 2. The molecule has 0 amide bonds. The normalized spacial score (nSPS) is 11.3. The molecule has 2 aromatic heterocycles. The van der Waals surface area contributed by atoms with E-state index in [1.54, 1.807) is 24.3 Å². The van der Waals surface area contributed by atoms with E-state index in [9.17, 15) is 9.59 Å². The van der Waals surface area contributed by atoms with Crippen molar-refractivity contribution in [1.82, 2.24) is 0 Å². The lowest BCUT2D eigenvalue weighted by Crippen LogP contribution is -2.15. The molecule has 2 aromatic carbocycles. The Kier molecular flexibility index (Phi) is 3.53. The first kappa shape index (κ1) is 15.4. The van der Waals surface area contributed by atoms with Crippen molar-refractivity contribution >= 4 is 21.9 Å². The van der Waals surface area contributed by atoms with E-state index in [4.69, 9.17) is 8.83 Å². The average Bonchev–Trinajstić information content (AvgIpc) is 2.60. The summed E-state index contributed by atoms with van der Waals surface area (Å²) >= 11 is 0. The van der Waals surface area contributed by atoms with Gasteiger partial charge in [0, 0.05) is 17.5 Å². The Hall–Kier alpha value is -3.14. The van der Waals surface area contributed by atoms with Crippen molar-refractivity contribution in [2.45, 2.75) is 20.3 Å². The Morgan fingerprint density at radius 2 is 1.16 bits per heavy atom. The molecule has 0 fully saturated rings. The quantitative estimate of drug-likeness (QED) is 0.554. The molecule has 0 spiro atoms. The molecule has 0 aliphatic carbocycles. The molecule has 0 saturated carbocycles. The van der Waals surface area contributed by atoms with Crippen LogP contribution in [-0.2, 0) is 6.42 Å². The number of hydrogen-bond donors (Lipinski definition) is 0. The first-order chi connectivity index (χ1) is 12.0. The maximum atomic E-state index is 12.7. The van der Waals surface area contributed by atoms with Gasteiger partial charge in [-0.2, -0.15) is 0 Å². The fourth-order valence-corrected chi connectivity index (χ4v) is 3.02. The van der Waals surface area contributed by atoms with E-state index < -0.39 is 0 Å². The third-order valence-electron chi connectivity index (χ3n) is 4.38. The lowest BCUT2D eigenvalue weighted by atomic mass is 10.0. The van der Waals surface area contributed by atoms with Crippen molar-refractivity contribution in [3.63, 3.8) is 0 Å². The maximum Gasteiger partial charge on any atom is 0.196 e. The molecule has 0 bridgehead atoms. The third kappa shape index (κ3) is 2.66. The van der Waals surface area contributed by atoms with Gasteiger partial charge in [0.1, 0.15) is 11.2 Å². The van der Waals surface area contributed by atoms with Gasteiger partial charge in [0.15, 0.2) is 10.9 Å². The lowest BCUT2D eigenvalue weighted by molar-refractivity contribution is 0.586. The topological polar surface area (TPSA) is 60.4 Å². The van der Waals surface area contributed by atoms with Gasteiger partial charge in [0.2, 0.25) is 0 Å². The third-order valence-corrected chi connectivity index (χ3v) is 4.38. The monoisotopic (exact) mass is 332 g/mol. The van der Waals surface area contributed by atoms with Crippen LogP contribution >= 0.6 is 0 Å². The molecular formula is C21H16O4. The first-order valence-electron chi connectivity index (χ1n) is 8.05. The second kappa shape index (κ2) is 5.74. The van der Waals surface area contributed by atoms with E-state index in [0.29, 0.717) is 33.1 Å². The van der Waals surface area contributed by atoms with Gasteiger partial charge in [0.25, 0.3) is 0 Å². The number of hydrogen-bond acceptors (Lipinski definition) is 4. The zero-order valence-electron chi connectivity index (χ0n) is 14.0. The molecule has 0 radical (unpaired) electrons. The van der Waals surface area contributed by atoms with Gasteiger partial charge >= 0.3 is 0 Å². The standard InChI is InChI=1S/C21H16O4/c1-12-3-5-18-16(7-12)20(22)14(10-24-18)9-15-11-25-19-6-4-13(2)8-17(19)21(15)23/h3-8,10-11H,9H2,1-2H3. The summed E-state index contributed by atoms with van der Waals surface area (Å²) < 4.78 is 11.1. The Morgan fingerprint density at radius 3 is 1.60 bits per heavy atom. The highest BCUT2D eigenvalue weighted by Crippen LogP contribution is 2.17. The second-order valence-corrected chi connectivity index (χ2v) is 6.36. The summed E-state index contributed by atoms with van der Waals surface area (Å²) in [4.78, 5) is 25.4. The van der Waals surface area contributed by atoms with Crippen molar-refractivity contribution in [2.24, 2.45) is 0 Å². The van der Waals surface area contributed by atoms with Crippen LogP contribution in [0.1, 0.15) is 22.3 Å². The molecule has 4 aromatic rings. The molecule has 0 atom stereocenters. The van der Waals surface area contributed by atoms with Crippen LogP contribution in [0.2, 0.25) is 0 Å². The molecule has 0 unspecified atom stereocenters. The summed E-state index contributed by atoms with van der Waals surface area (Å²) in [6.07, 6.45) is 3.04. The molecule has 4 heteroatoms. The van der Waals surface area contributed by atoms with Crippen molar-refractivity contribution in [1.29, 1.82) is 0 Å². The van der Waals surface area contributed by atoms with Crippen LogP contribution < -0.4 is 10.9 Å². The Bertz CT molecular complexity index is 1130. The van der Waals surface area contributed by atoms with Gasteiger partial charge in [-0.25, -0.2) is 0 Å². The largest absolute Gasteiger partial charge is 0.464 e. The molecule has 2 heterocycles. The van der Waals surface area contributed by atoms with Gasteiger partial charge in [-0.3, -0.25) is 9.59 Å². The predicted octanol–water partition coefficient (Wildman–Crippen LogP) is 4.11. The summed E-state index contributed by atoms with van der Waals surface area (Å²) in [5.74, 6) is 0. The summed E-state index contributed by atoms with van der Waals surface area (Å²) in [6.45, 7) is 3.84. The molecular weight excluding hydrogens is 316 g/mol. The molecule has 0 aliphatic heterocycles. The second-order valence-electron chi connectivity index (χ2n) is 6.36. The van der Waals surface area contributed by atoms with Crippen molar-refractivity contribution in [3.8, 4) is 0 Å². The van der Waals surface area contributed by atoms with E-state index in [0.717, 1.165) is 11.1 Å². The number of benzene rings is 2. The molecule has 0 N–H and O–H groups in total. The summed E-state index contributed by atoms with van der Waals surface area (Å²) in [7, 11) is 0. The zero-order chi connectivity index (χ0) is 17.6. The summed E-state index contributed by atoms with van der Waals surface area (Å²) in [5.41, 5.74) is 3.70. The Morgan fingerprint density at radius 1 is 0.720 bits per heavy atom. The van der Waals surface area contributed by atoms with Gasteiger partial charge in [0.05, 0.1) is 23.3 Å². The van der Waals surface area contributed by atoms with E-state index in [2.05, 4.69) is 0 Å². The summed E-state index contributed by atoms with van der Waals surface area (Å²) in [5, 5.41) is 1.05. The van der Waals surface area contributed by atoms with Crippen LogP contribution in [-0.4, -0.2) is 0 Å². The zero-order valence-corrected chi connectivity index (χ0v) is 14.0. The Labute approximate surface area is 143 Å². The molecule has 0 aliphatic rings. The number of rotatable bonds is 2. The van der Waals surface area contributed by atoms with E-state index >= 15 is 0 Å². The van der Waals surface area contributed by atoms with E-state index in [1.807, 2.05) is 26.0 Å². The van der Waals surface area contributed by atoms with Crippen LogP contribution in [0.4, 0.5) is 0 Å². The van der Waals surface area contributed by atoms with Crippen LogP contribution in [0.25, 0.3) is 21.9 Å². The van der Waals surface area contributed by atoms with Gasteiger partial charge in [-0.15, -0.1) is 0 Å². The minimum absolute atomic E-state index is 0.117. The highest BCUT2D eigenvalue weighted by atomic mass is 16.3. The highest BCUT2D eigenvalue weighted by molar-refractivity contribution is 5.79. The minimum atomic E-state index is -0.117. The molecule has 25 heavy (non-hydrogen) atoms. The lowest BCUT2D eigenvalue weighted by Gasteiger charge is -2.05. The van der Waals surface area contributed by atoms with E-state index in [-0.39, 0.29) is 17.3 Å². The van der Waals surface area contributed by atoms with Crippen LogP contribution in [0, 0.1) is 13.8 Å². The van der Waals surface area contributed by atoms with E-state index in [1.165, 1.54) is 12.5 Å². The highest BCUT2D eigenvalue weighted by Gasteiger charge is 2.12. The maximum absolute atomic E-state index is 12.7. The van der Waals surface area contributed by atoms with Crippen molar-refractivity contribution < 1.29 is 8.83 Å². The van der Waals surface area contributed by atoms with Crippen LogP contribution in [0.15, 0.2) is 67.3 Å². The molecule has 4 nitrogen and oxygen atoms in total. The van der Waals surface area contributed by atoms with Gasteiger partial charge < -0.3 is 8.83 Å². The first-order valence-corrected chi connectivity index (χ1v) is 8.05. The minimum Gasteiger partial charge on any atom is -0.464 e. The van der Waals surface area contributed by atoms with Gasteiger partial charge in [-0.05, 0) is 38.1 Å².